The molecule has 1 aliphatic carbocycles. The van der Waals surface area contributed by atoms with E-state index in [1.54, 1.807) is 7.11 Å². The third-order valence-corrected chi connectivity index (χ3v) is 3.32. The van der Waals surface area contributed by atoms with Gasteiger partial charge in [0.05, 0.1) is 17.7 Å². The van der Waals surface area contributed by atoms with Crippen LogP contribution in [-0.2, 0) is 4.74 Å². The van der Waals surface area contributed by atoms with Crippen LogP contribution in [0.15, 0.2) is 24.3 Å². The van der Waals surface area contributed by atoms with E-state index in [1.807, 2.05) is 38.1 Å². The number of methoxy groups -OCH3 is 1. The Morgan fingerprint density at radius 3 is 2.65 bits per heavy atom. The Morgan fingerprint density at radius 1 is 1.35 bits per heavy atom. The molecule has 0 aromatic heterocycles. The minimum atomic E-state index is -0.377. The van der Waals surface area contributed by atoms with Crippen LogP contribution in [0.4, 0.5) is 0 Å². The summed E-state index contributed by atoms with van der Waals surface area (Å²) < 4.78 is 11.2. The van der Waals surface area contributed by atoms with Crippen LogP contribution in [0.25, 0.3) is 0 Å². The molecule has 2 rings (SSSR count). The van der Waals surface area contributed by atoms with E-state index in [0.29, 0.717) is 6.10 Å². The standard InChI is InChI=1S/C14H21NO2/c1-14(2,16-3)13(15)10-5-4-6-12(9-10)17-11-7-8-11/h4-6,9,11,13H,7-8,15H2,1-3H3. The van der Waals surface area contributed by atoms with Gasteiger partial charge in [-0.3, -0.25) is 0 Å². The molecule has 0 heterocycles. The normalized spacial score (nSPS) is 17.9. The number of ether oxygens (including phenoxy) is 2. The van der Waals surface area contributed by atoms with E-state index in [4.69, 9.17) is 15.2 Å². The number of hydrogen-bond acceptors (Lipinski definition) is 3. The van der Waals surface area contributed by atoms with Gasteiger partial charge < -0.3 is 15.2 Å². The highest BCUT2D eigenvalue weighted by atomic mass is 16.5. The van der Waals surface area contributed by atoms with Gasteiger partial charge in [-0.15, -0.1) is 0 Å². The van der Waals surface area contributed by atoms with Gasteiger partial charge in [-0.05, 0) is 44.4 Å². The van der Waals surface area contributed by atoms with E-state index in [2.05, 4.69) is 0 Å². The van der Waals surface area contributed by atoms with Crippen molar-refractivity contribution < 1.29 is 9.47 Å². The van der Waals surface area contributed by atoms with Crippen LogP contribution in [0, 0.1) is 0 Å². The molecule has 1 saturated carbocycles. The van der Waals surface area contributed by atoms with Crippen LogP contribution < -0.4 is 10.5 Å². The summed E-state index contributed by atoms with van der Waals surface area (Å²) >= 11 is 0. The lowest BCUT2D eigenvalue weighted by atomic mass is 9.92. The fraction of sp³-hybridized carbons (Fsp3) is 0.571. The molecule has 1 aromatic carbocycles. The monoisotopic (exact) mass is 235 g/mol. The smallest absolute Gasteiger partial charge is 0.120 e. The average Bonchev–Trinajstić information content (AvgIpc) is 3.12. The molecule has 0 radical (unpaired) electrons. The van der Waals surface area contributed by atoms with Crippen molar-refractivity contribution in [1.82, 2.24) is 0 Å². The Bertz CT molecular complexity index is 386. The molecule has 0 bridgehead atoms. The molecular weight excluding hydrogens is 214 g/mol. The van der Waals surface area contributed by atoms with Gasteiger partial charge in [0.25, 0.3) is 0 Å². The van der Waals surface area contributed by atoms with E-state index in [1.165, 1.54) is 12.8 Å². The summed E-state index contributed by atoms with van der Waals surface area (Å²) in [5, 5.41) is 0. The lowest BCUT2D eigenvalue weighted by Gasteiger charge is -2.30. The molecule has 1 unspecified atom stereocenters. The van der Waals surface area contributed by atoms with Crippen molar-refractivity contribution in [2.45, 2.75) is 44.4 Å². The molecule has 0 amide bonds. The maximum Gasteiger partial charge on any atom is 0.120 e. The maximum absolute atomic E-state index is 6.22. The maximum atomic E-state index is 6.22. The predicted octanol–water partition coefficient (Wildman–Crippen LogP) is 2.65. The van der Waals surface area contributed by atoms with Gasteiger partial charge in [-0.1, -0.05) is 12.1 Å². The molecule has 1 fully saturated rings. The zero-order valence-corrected chi connectivity index (χ0v) is 10.8. The largest absolute Gasteiger partial charge is 0.490 e. The van der Waals surface area contributed by atoms with Gasteiger partial charge in [-0.25, -0.2) is 0 Å². The Hall–Kier alpha value is -1.06. The number of hydrogen-bond donors (Lipinski definition) is 1. The topological polar surface area (TPSA) is 44.5 Å². The van der Waals surface area contributed by atoms with Crippen molar-refractivity contribution in [3.8, 4) is 5.75 Å². The Morgan fingerprint density at radius 2 is 2.06 bits per heavy atom. The van der Waals surface area contributed by atoms with Gasteiger partial charge in [0.15, 0.2) is 0 Å². The van der Waals surface area contributed by atoms with E-state index < -0.39 is 0 Å². The van der Waals surface area contributed by atoms with Crippen molar-refractivity contribution in [3.05, 3.63) is 29.8 Å². The number of nitrogens with two attached hydrogens (primary N) is 1. The highest BCUT2D eigenvalue weighted by molar-refractivity contribution is 5.32. The molecule has 1 aromatic rings. The zero-order valence-electron chi connectivity index (χ0n) is 10.8. The highest BCUT2D eigenvalue weighted by Crippen LogP contribution is 2.31. The zero-order chi connectivity index (χ0) is 12.5. The summed E-state index contributed by atoms with van der Waals surface area (Å²) in [5.74, 6) is 0.910. The molecule has 0 saturated heterocycles. The quantitative estimate of drug-likeness (QED) is 0.853. The Kier molecular flexibility index (Phi) is 3.40. The van der Waals surface area contributed by atoms with Gasteiger partial charge in [-0.2, -0.15) is 0 Å². The summed E-state index contributed by atoms with van der Waals surface area (Å²) in [6.45, 7) is 3.98. The SMILES string of the molecule is COC(C)(C)C(N)c1cccc(OC2CC2)c1. The summed E-state index contributed by atoms with van der Waals surface area (Å²) in [6.07, 6.45) is 2.75. The molecular formula is C14H21NO2. The van der Waals surface area contributed by atoms with Crippen molar-refractivity contribution in [1.29, 1.82) is 0 Å². The summed E-state index contributed by atoms with van der Waals surface area (Å²) in [7, 11) is 1.68. The van der Waals surface area contributed by atoms with E-state index in [0.717, 1.165) is 11.3 Å². The lowest BCUT2D eigenvalue weighted by molar-refractivity contribution is -0.0000758. The highest BCUT2D eigenvalue weighted by Gasteiger charge is 2.28. The second kappa shape index (κ2) is 4.67. The van der Waals surface area contributed by atoms with Crippen molar-refractivity contribution in [2.75, 3.05) is 7.11 Å². The average molecular weight is 235 g/mol. The molecule has 2 N–H and O–H groups in total. The second-order valence-electron chi connectivity index (χ2n) is 5.17. The number of rotatable bonds is 5. The lowest BCUT2D eigenvalue weighted by Crippen LogP contribution is -2.37. The van der Waals surface area contributed by atoms with Gasteiger partial charge in [0.2, 0.25) is 0 Å². The van der Waals surface area contributed by atoms with Gasteiger partial charge in [0.1, 0.15) is 5.75 Å². The minimum Gasteiger partial charge on any atom is -0.490 e. The van der Waals surface area contributed by atoms with Crippen LogP contribution in [-0.4, -0.2) is 18.8 Å². The molecule has 94 valence electrons. The molecule has 17 heavy (non-hydrogen) atoms. The Labute approximate surface area is 103 Å². The van der Waals surface area contributed by atoms with E-state index >= 15 is 0 Å². The molecule has 0 spiro atoms. The molecule has 1 aliphatic rings. The Balaban J connectivity index is 2.14. The first kappa shape index (κ1) is 12.4. The molecule has 3 nitrogen and oxygen atoms in total. The molecule has 0 aliphatic heterocycles. The van der Waals surface area contributed by atoms with Crippen molar-refractivity contribution in [2.24, 2.45) is 5.73 Å². The van der Waals surface area contributed by atoms with Crippen molar-refractivity contribution >= 4 is 0 Å². The van der Waals surface area contributed by atoms with E-state index in [-0.39, 0.29) is 11.6 Å². The number of benzene rings is 1. The fourth-order valence-corrected chi connectivity index (χ4v) is 1.69. The third kappa shape index (κ3) is 2.99. The first-order valence-electron chi connectivity index (χ1n) is 6.10. The van der Waals surface area contributed by atoms with Crippen LogP contribution in [0.1, 0.15) is 38.3 Å². The van der Waals surface area contributed by atoms with Crippen LogP contribution in [0.2, 0.25) is 0 Å². The molecule has 3 heteroatoms. The van der Waals surface area contributed by atoms with E-state index in [9.17, 15) is 0 Å². The van der Waals surface area contributed by atoms with Crippen LogP contribution in [0.3, 0.4) is 0 Å². The predicted molar refractivity (Wildman–Crippen MR) is 68.1 cm³/mol. The minimum absolute atomic E-state index is 0.157. The van der Waals surface area contributed by atoms with Crippen molar-refractivity contribution in [3.63, 3.8) is 0 Å². The first-order valence-corrected chi connectivity index (χ1v) is 6.10. The summed E-state index contributed by atoms with van der Waals surface area (Å²) in [4.78, 5) is 0. The van der Waals surface area contributed by atoms with Gasteiger partial charge >= 0.3 is 0 Å². The van der Waals surface area contributed by atoms with Crippen LogP contribution >= 0.6 is 0 Å². The molecule has 1 atom stereocenters. The fourth-order valence-electron chi connectivity index (χ4n) is 1.69. The summed E-state index contributed by atoms with van der Waals surface area (Å²) in [5.41, 5.74) is 6.89. The second-order valence-corrected chi connectivity index (χ2v) is 5.17. The van der Waals surface area contributed by atoms with Crippen LogP contribution in [0.5, 0.6) is 5.75 Å². The third-order valence-electron chi connectivity index (χ3n) is 3.32. The van der Waals surface area contributed by atoms with Gasteiger partial charge in [0, 0.05) is 7.11 Å². The first-order chi connectivity index (χ1) is 8.03. The summed E-state index contributed by atoms with van der Waals surface area (Å²) in [6, 6.07) is 7.84.